The van der Waals surface area contributed by atoms with Crippen LogP contribution in [0.2, 0.25) is 0 Å². The number of nitrogens with zero attached hydrogens (tertiary/aromatic N) is 3. The number of halogens is 1. The van der Waals surface area contributed by atoms with Crippen molar-refractivity contribution >= 4 is 5.82 Å². The maximum absolute atomic E-state index is 13.9. The Morgan fingerprint density at radius 3 is 2.74 bits per heavy atom. The first kappa shape index (κ1) is 13.9. The van der Waals surface area contributed by atoms with Crippen LogP contribution in [0.5, 0.6) is 0 Å². The van der Waals surface area contributed by atoms with Crippen LogP contribution in [0.4, 0.5) is 10.2 Å². The predicted molar refractivity (Wildman–Crippen MR) is 64.7 cm³/mol. The van der Waals surface area contributed by atoms with Crippen molar-refractivity contribution in [3.05, 3.63) is 22.7 Å². The second-order valence-corrected chi connectivity index (χ2v) is 4.55. The summed E-state index contributed by atoms with van der Waals surface area (Å²) >= 11 is 0. The van der Waals surface area contributed by atoms with Gasteiger partial charge in [-0.25, -0.2) is 9.18 Å². The van der Waals surface area contributed by atoms with Gasteiger partial charge in [-0.3, -0.25) is 4.57 Å². The molecule has 1 fully saturated rings. The number of rotatable bonds is 3. The third-order valence-electron chi connectivity index (χ3n) is 3.02. The molecule has 0 amide bonds. The minimum Gasteiger partial charge on any atom is -0.394 e. The molecule has 0 aromatic carbocycles. The van der Waals surface area contributed by atoms with E-state index >= 15 is 0 Å². The van der Waals surface area contributed by atoms with Gasteiger partial charge in [-0.1, -0.05) is 0 Å². The number of hydrogen-bond donors (Lipinski definition) is 2. The van der Waals surface area contributed by atoms with Gasteiger partial charge >= 0.3 is 5.69 Å². The molecule has 0 saturated carbocycles. The zero-order valence-corrected chi connectivity index (χ0v) is 10.6. The second kappa shape index (κ2) is 5.24. The van der Waals surface area contributed by atoms with Gasteiger partial charge < -0.3 is 19.8 Å². The second-order valence-electron chi connectivity index (χ2n) is 4.55. The number of ether oxygens (including phenoxy) is 1. The van der Waals surface area contributed by atoms with Gasteiger partial charge in [0, 0.05) is 20.3 Å². The lowest BCUT2D eigenvalue weighted by molar-refractivity contribution is -0.0491. The van der Waals surface area contributed by atoms with Crippen LogP contribution in [0, 0.1) is 0 Å². The number of aliphatic hydroxyl groups is 2. The fourth-order valence-electron chi connectivity index (χ4n) is 1.92. The molecule has 2 heterocycles. The van der Waals surface area contributed by atoms with Crippen molar-refractivity contribution in [2.24, 2.45) is 0 Å². The molecule has 2 N–H and O–H groups in total. The van der Waals surface area contributed by atoms with Gasteiger partial charge in [0.05, 0.1) is 6.61 Å². The zero-order valence-electron chi connectivity index (χ0n) is 10.6. The molecule has 1 aliphatic rings. The van der Waals surface area contributed by atoms with Gasteiger partial charge in [-0.2, -0.15) is 4.98 Å². The van der Waals surface area contributed by atoms with Crippen molar-refractivity contribution in [3.8, 4) is 0 Å². The van der Waals surface area contributed by atoms with Gasteiger partial charge in [0.2, 0.25) is 0 Å². The van der Waals surface area contributed by atoms with E-state index in [-0.39, 0.29) is 0 Å². The van der Waals surface area contributed by atoms with Crippen LogP contribution in [0.1, 0.15) is 6.23 Å². The lowest BCUT2D eigenvalue weighted by Gasteiger charge is -2.17. The van der Waals surface area contributed by atoms with Crippen LogP contribution in [-0.2, 0) is 4.74 Å². The van der Waals surface area contributed by atoms with E-state index in [2.05, 4.69) is 4.98 Å². The van der Waals surface area contributed by atoms with Crippen LogP contribution in [0.15, 0.2) is 17.1 Å². The summed E-state index contributed by atoms with van der Waals surface area (Å²) in [6.07, 6.45) is -4.21. The third kappa shape index (κ3) is 2.46. The number of hydrogen-bond acceptors (Lipinski definition) is 6. The molecular formula is C11H16FN3O4. The maximum atomic E-state index is 13.9. The first-order chi connectivity index (χ1) is 8.95. The van der Waals surface area contributed by atoms with Crippen LogP contribution < -0.4 is 10.6 Å². The number of aromatic nitrogens is 2. The highest BCUT2D eigenvalue weighted by Gasteiger charge is 2.45. The predicted octanol–water partition coefficient (Wildman–Crippen LogP) is -1.10. The molecule has 4 atom stereocenters. The number of alkyl halides is 1. The Labute approximate surface area is 108 Å². The Hall–Kier alpha value is -1.51. The minimum atomic E-state index is -1.79. The SMILES string of the molecule is CN(C)c1ccn([C@@H]2O[C@H](CO)C(O)[C@@H]2F)c(=O)n1. The van der Waals surface area contributed by atoms with Gasteiger partial charge in [0.1, 0.15) is 18.0 Å². The van der Waals surface area contributed by atoms with Crippen molar-refractivity contribution in [2.75, 3.05) is 25.6 Å². The Kier molecular flexibility index (Phi) is 3.83. The normalized spacial score (nSPS) is 30.6. The summed E-state index contributed by atoms with van der Waals surface area (Å²) in [6.45, 7) is -0.518. The van der Waals surface area contributed by atoms with E-state index in [1.165, 1.54) is 12.3 Å². The summed E-state index contributed by atoms with van der Waals surface area (Å²) in [4.78, 5) is 17.2. The Morgan fingerprint density at radius 1 is 1.58 bits per heavy atom. The van der Waals surface area contributed by atoms with E-state index in [0.717, 1.165) is 4.57 Å². The molecule has 1 saturated heterocycles. The molecule has 7 nitrogen and oxygen atoms in total. The average molecular weight is 273 g/mol. The lowest BCUT2D eigenvalue weighted by atomic mass is 10.1. The highest BCUT2D eigenvalue weighted by Crippen LogP contribution is 2.30. The largest absolute Gasteiger partial charge is 0.394 e. The fourth-order valence-corrected chi connectivity index (χ4v) is 1.92. The third-order valence-corrected chi connectivity index (χ3v) is 3.02. The van der Waals surface area contributed by atoms with Crippen LogP contribution in [-0.4, -0.2) is 58.8 Å². The Balaban J connectivity index is 2.31. The lowest BCUT2D eigenvalue weighted by Crippen LogP contribution is -2.34. The van der Waals surface area contributed by atoms with E-state index in [0.29, 0.717) is 5.82 Å². The smallest absolute Gasteiger partial charge is 0.351 e. The van der Waals surface area contributed by atoms with Crippen molar-refractivity contribution in [1.82, 2.24) is 9.55 Å². The maximum Gasteiger partial charge on any atom is 0.351 e. The first-order valence-electron chi connectivity index (χ1n) is 5.80. The molecular weight excluding hydrogens is 257 g/mol. The Bertz CT molecular complexity index is 507. The van der Waals surface area contributed by atoms with Crippen molar-refractivity contribution in [3.63, 3.8) is 0 Å². The fraction of sp³-hybridized carbons (Fsp3) is 0.636. The van der Waals surface area contributed by atoms with Crippen LogP contribution in [0.3, 0.4) is 0 Å². The van der Waals surface area contributed by atoms with E-state index in [1.807, 2.05) is 0 Å². The quantitative estimate of drug-likeness (QED) is 0.726. The van der Waals surface area contributed by atoms with E-state index in [4.69, 9.17) is 9.84 Å². The van der Waals surface area contributed by atoms with Crippen LogP contribution in [0.25, 0.3) is 0 Å². The Morgan fingerprint density at radius 2 is 2.26 bits per heavy atom. The van der Waals surface area contributed by atoms with Gasteiger partial charge in [-0.05, 0) is 6.07 Å². The summed E-state index contributed by atoms with van der Waals surface area (Å²) < 4.78 is 20.0. The zero-order chi connectivity index (χ0) is 14.2. The first-order valence-corrected chi connectivity index (χ1v) is 5.80. The molecule has 8 heteroatoms. The molecule has 1 aromatic heterocycles. The molecule has 1 unspecified atom stereocenters. The van der Waals surface area contributed by atoms with Crippen molar-refractivity contribution in [1.29, 1.82) is 0 Å². The molecule has 0 aliphatic carbocycles. The summed E-state index contributed by atoms with van der Waals surface area (Å²) in [7, 11) is 3.45. The molecule has 19 heavy (non-hydrogen) atoms. The molecule has 2 rings (SSSR count). The van der Waals surface area contributed by atoms with E-state index < -0.39 is 36.9 Å². The monoisotopic (exact) mass is 273 g/mol. The standard InChI is InChI=1S/C11H16FN3O4/c1-14(2)7-3-4-15(11(18)13-7)10-8(12)9(17)6(5-16)19-10/h3-4,6,8-10,16-17H,5H2,1-2H3/t6-,8+,9?,10-/m1/s1. The van der Waals surface area contributed by atoms with Gasteiger partial charge in [-0.15, -0.1) is 0 Å². The molecule has 0 bridgehead atoms. The summed E-state index contributed by atoms with van der Waals surface area (Å²) in [5.41, 5.74) is -0.676. The van der Waals surface area contributed by atoms with E-state index in [1.54, 1.807) is 19.0 Å². The van der Waals surface area contributed by atoms with Gasteiger partial charge in [0.25, 0.3) is 0 Å². The molecule has 1 aliphatic heterocycles. The van der Waals surface area contributed by atoms with Crippen LogP contribution >= 0.6 is 0 Å². The number of aliphatic hydroxyl groups excluding tert-OH is 2. The van der Waals surface area contributed by atoms with Crippen molar-refractivity contribution < 1.29 is 19.3 Å². The summed E-state index contributed by atoms with van der Waals surface area (Å²) in [5.74, 6) is 0.439. The molecule has 1 aromatic rings. The summed E-state index contributed by atoms with van der Waals surface area (Å²) in [5, 5.41) is 18.5. The van der Waals surface area contributed by atoms with Crippen molar-refractivity contribution in [2.45, 2.75) is 24.6 Å². The highest BCUT2D eigenvalue weighted by molar-refractivity contribution is 5.33. The van der Waals surface area contributed by atoms with Gasteiger partial charge in [0.15, 0.2) is 12.4 Å². The highest BCUT2D eigenvalue weighted by atomic mass is 19.1. The molecule has 0 spiro atoms. The summed E-state index contributed by atoms with van der Waals surface area (Å²) in [6, 6.07) is 1.54. The average Bonchev–Trinajstić information content (AvgIpc) is 2.66. The topological polar surface area (TPSA) is 87.8 Å². The number of anilines is 1. The minimum absolute atomic E-state index is 0.439. The van der Waals surface area contributed by atoms with E-state index in [9.17, 15) is 14.3 Å². The molecule has 106 valence electrons. The molecule has 0 radical (unpaired) electrons.